The molecule has 1 atom stereocenters. The number of aliphatic hydroxyl groups excluding tert-OH is 1. The average Bonchev–Trinajstić information content (AvgIpc) is 3.00. The van der Waals surface area contributed by atoms with Gasteiger partial charge in [0.25, 0.3) is 0 Å². The molecule has 0 bridgehead atoms. The number of Topliss-reactive ketones (excluding diaryl/α,β-unsaturated/α-hetero) is 2. The van der Waals surface area contributed by atoms with Crippen LogP contribution in [0.3, 0.4) is 0 Å². The van der Waals surface area contributed by atoms with Crippen LogP contribution in [0.4, 0.5) is 0 Å². The molecule has 2 aliphatic carbocycles. The molecular formula is C30H26O9. The van der Waals surface area contributed by atoms with Gasteiger partial charge in [0.1, 0.15) is 23.0 Å². The lowest BCUT2D eigenvalue weighted by molar-refractivity contribution is 0.0701. The van der Waals surface area contributed by atoms with Crippen molar-refractivity contribution in [3.63, 3.8) is 0 Å². The van der Waals surface area contributed by atoms with E-state index in [0.717, 1.165) is 5.57 Å². The summed E-state index contributed by atoms with van der Waals surface area (Å²) in [5, 5.41) is 37.1. The molecule has 0 amide bonds. The topological polar surface area (TPSA) is 132 Å². The average molecular weight is 531 g/mol. The van der Waals surface area contributed by atoms with Crippen molar-refractivity contribution < 1.29 is 43.9 Å². The zero-order chi connectivity index (χ0) is 28.1. The fourth-order valence-electron chi connectivity index (χ4n) is 6.49. The minimum Gasteiger partial charge on any atom is -0.507 e. The summed E-state index contributed by atoms with van der Waals surface area (Å²) >= 11 is 0. The third-order valence-electron chi connectivity index (χ3n) is 7.94. The van der Waals surface area contributed by atoms with Crippen LogP contribution in [-0.2, 0) is 4.74 Å². The molecule has 6 rings (SSSR count). The van der Waals surface area contributed by atoms with Crippen molar-refractivity contribution in [3.8, 4) is 28.7 Å². The molecular weight excluding hydrogens is 504 g/mol. The lowest BCUT2D eigenvalue weighted by Gasteiger charge is -2.27. The van der Waals surface area contributed by atoms with Gasteiger partial charge < -0.3 is 34.3 Å². The highest BCUT2D eigenvalue weighted by Crippen LogP contribution is 2.56. The van der Waals surface area contributed by atoms with Crippen LogP contribution in [0.2, 0.25) is 0 Å². The van der Waals surface area contributed by atoms with Crippen molar-refractivity contribution in [3.05, 3.63) is 39.8 Å². The van der Waals surface area contributed by atoms with E-state index in [-0.39, 0.29) is 68.6 Å². The Balaban J connectivity index is 2.14. The first kappa shape index (κ1) is 24.8. The molecule has 0 radical (unpaired) electrons. The van der Waals surface area contributed by atoms with E-state index in [2.05, 4.69) is 0 Å². The minimum atomic E-state index is -1.61. The fourth-order valence-corrected chi connectivity index (χ4v) is 6.49. The number of phenolic OH excluding ortho intramolecular Hbond substituents is 2. The Kier molecular flexibility index (Phi) is 5.25. The summed E-state index contributed by atoms with van der Waals surface area (Å²) in [5.74, 6) is -0.878. The first-order valence-electron chi connectivity index (χ1n) is 12.3. The standard InChI is InChI=1S/C30H26O9/c1-10-7-13-20-19-12(26(33)28(35)29(13)38-5)8-15(36-3)22-16(37-4)9-14(32)21(24(19)22)25-23(20)17(10)18(11(2)31)30(39-6)27(25)34/h8-9,28,32,34-35H,7H2,1-6H3. The number of phenols is 2. The molecule has 3 N–H and O–H groups in total. The van der Waals surface area contributed by atoms with Crippen molar-refractivity contribution >= 4 is 55.0 Å². The van der Waals surface area contributed by atoms with Gasteiger partial charge in [-0.3, -0.25) is 9.59 Å². The Labute approximate surface area is 222 Å². The number of carbonyl (C=O) groups excluding carboxylic acids is 2. The second-order valence-electron chi connectivity index (χ2n) is 9.81. The van der Waals surface area contributed by atoms with Crippen molar-refractivity contribution in [2.45, 2.75) is 26.4 Å². The molecule has 39 heavy (non-hydrogen) atoms. The van der Waals surface area contributed by atoms with E-state index in [4.69, 9.17) is 18.9 Å². The Bertz CT molecular complexity index is 1910. The number of carbonyl (C=O) groups is 2. The maximum absolute atomic E-state index is 13.8. The Morgan fingerprint density at radius 2 is 1.54 bits per heavy atom. The largest absolute Gasteiger partial charge is 0.507 e. The van der Waals surface area contributed by atoms with Crippen LogP contribution in [0.25, 0.3) is 43.5 Å². The molecule has 9 nitrogen and oxygen atoms in total. The number of hydrogen-bond acceptors (Lipinski definition) is 9. The zero-order valence-electron chi connectivity index (χ0n) is 22.2. The fraction of sp³-hybridized carbons (Fsp3) is 0.267. The predicted octanol–water partition coefficient (Wildman–Crippen LogP) is 3.99. The number of hydrogen-bond donors (Lipinski definition) is 3. The molecule has 200 valence electrons. The monoisotopic (exact) mass is 530 g/mol. The van der Waals surface area contributed by atoms with E-state index in [0.29, 0.717) is 37.9 Å². The van der Waals surface area contributed by atoms with Crippen molar-refractivity contribution in [2.24, 2.45) is 0 Å². The number of fused-ring (bicyclic) bond motifs is 1. The molecule has 0 spiro atoms. The van der Waals surface area contributed by atoms with Gasteiger partial charge >= 0.3 is 0 Å². The Morgan fingerprint density at radius 1 is 0.872 bits per heavy atom. The van der Waals surface area contributed by atoms with Crippen LogP contribution in [0.15, 0.2) is 17.9 Å². The van der Waals surface area contributed by atoms with Crippen LogP contribution in [0.1, 0.15) is 46.5 Å². The summed E-state index contributed by atoms with van der Waals surface area (Å²) < 4.78 is 22.5. The Hall–Kier alpha value is -4.50. The van der Waals surface area contributed by atoms with Gasteiger partial charge in [-0.05, 0) is 37.1 Å². The molecule has 4 aromatic carbocycles. The number of ketones is 2. The van der Waals surface area contributed by atoms with Gasteiger partial charge in [0.2, 0.25) is 0 Å². The van der Waals surface area contributed by atoms with Gasteiger partial charge in [-0.15, -0.1) is 0 Å². The highest BCUT2D eigenvalue weighted by molar-refractivity contribution is 6.36. The normalized spacial score (nSPS) is 16.4. The smallest absolute Gasteiger partial charge is 0.199 e. The van der Waals surface area contributed by atoms with Crippen molar-refractivity contribution in [1.82, 2.24) is 0 Å². The lowest BCUT2D eigenvalue weighted by atomic mass is 9.78. The quantitative estimate of drug-likeness (QED) is 0.199. The van der Waals surface area contributed by atoms with Gasteiger partial charge in [-0.25, -0.2) is 0 Å². The van der Waals surface area contributed by atoms with Gasteiger partial charge in [-0.1, -0.05) is 5.57 Å². The van der Waals surface area contributed by atoms with Crippen LogP contribution < -0.4 is 19.4 Å². The predicted molar refractivity (Wildman–Crippen MR) is 145 cm³/mol. The van der Waals surface area contributed by atoms with E-state index < -0.39 is 11.9 Å². The molecule has 0 fully saturated rings. The second-order valence-corrected chi connectivity index (χ2v) is 9.81. The molecule has 9 heteroatoms. The van der Waals surface area contributed by atoms with Crippen molar-refractivity contribution in [1.29, 1.82) is 0 Å². The third kappa shape index (κ3) is 2.88. The van der Waals surface area contributed by atoms with Gasteiger partial charge in [-0.2, -0.15) is 0 Å². The number of rotatable bonds is 5. The molecule has 0 saturated carbocycles. The third-order valence-corrected chi connectivity index (χ3v) is 7.94. The van der Waals surface area contributed by atoms with Crippen LogP contribution in [0.5, 0.6) is 28.7 Å². The van der Waals surface area contributed by atoms with E-state index in [1.165, 1.54) is 41.4 Å². The Morgan fingerprint density at radius 3 is 2.13 bits per heavy atom. The molecule has 1 unspecified atom stereocenters. The highest BCUT2D eigenvalue weighted by Gasteiger charge is 2.39. The number of methoxy groups -OCH3 is 4. The zero-order valence-corrected chi connectivity index (χ0v) is 22.2. The maximum Gasteiger partial charge on any atom is 0.199 e. The SMILES string of the molecule is COC1=C2CC(C)=c3c(C(C)=O)c(OC)c(O)c4c3c2c2c(cc(OC)c3c(OC)cc(O)c4c32)C(=O)C1O. The molecule has 0 aliphatic heterocycles. The van der Waals surface area contributed by atoms with Crippen LogP contribution >= 0.6 is 0 Å². The highest BCUT2D eigenvalue weighted by atomic mass is 16.5. The summed E-state index contributed by atoms with van der Waals surface area (Å²) in [6.45, 7) is 3.23. The number of aliphatic hydroxyl groups is 1. The van der Waals surface area contributed by atoms with E-state index >= 15 is 0 Å². The molecule has 0 heterocycles. The first-order valence-corrected chi connectivity index (χ1v) is 12.3. The van der Waals surface area contributed by atoms with Gasteiger partial charge in [0.15, 0.2) is 29.2 Å². The molecule has 0 aromatic heterocycles. The van der Waals surface area contributed by atoms with Gasteiger partial charge in [0, 0.05) is 44.1 Å². The molecule has 0 saturated heterocycles. The number of allylic oxidation sites excluding steroid dienone is 1. The number of benzene rings is 4. The lowest BCUT2D eigenvalue weighted by Crippen LogP contribution is -2.25. The summed E-state index contributed by atoms with van der Waals surface area (Å²) in [4.78, 5) is 26.8. The number of aromatic hydroxyl groups is 2. The summed E-state index contributed by atoms with van der Waals surface area (Å²) in [6.07, 6.45) is -1.36. The number of ether oxygens (including phenoxy) is 4. The summed E-state index contributed by atoms with van der Waals surface area (Å²) in [7, 11) is 5.64. The second kappa shape index (κ2) is 8.25. The van der Waals surface area contributed by atoms with Crippen LogP contribution in [-0.4, -0.2) is 61.4 Å². The molecule has 2 aliphatic rings. The summed E-state index contributed by atoms with van der Waals surface area (Å²) in [6, 6.07) is 2.96. The first-order chi connectivity index (χ1) is 18.6. The molecule has 4 aromatic rings. The summed E-state index contributed by atoms with van der Waals surface area (Å²) in [5.41, 5.74) is 2.15. The maximum atomic E-state index is 13.8. The van der Waals surface area contributed by atoms with Crippen LogP contribution in [0, 0.1) is 0 Å². The van der Waals surface area contributed by atoms with Gasteiger partial charge in [0.05, 0.1) is 39.4 Å². The van der Waals surface area contributed by atoms with E-state index in [9.17, 15) is 24.9 Å². The van der Waals surface area contributed by atoms with Crippen molar-refractivity contribution in [2.75, 3.05) is 28.4 Å². The van der Waals surface area contributed by atoms with E-state index in [1.807, 2.05) is 6.92 Å². The van der Waals surface area contributed by atoms with E-state index in [1.54, 1.807) is 6.07 Å². The minimum absolute atomic E-state index is 0.0183.